The van der Waals surface area contributed by atoms with E-state index in [-0.39, 0.29) is 5.56 Å². The summed E-state index contributed by atoms with van der Waals surface area (Å²) >= 11 is 6.57. The molecule has 0 aromatic heterocycles. The van der Waals surface area contributed by atoms with E-state index < -0.39 is 11.6 Å². The van der Waals surface area contributed by atoms with E-state index in [1.54, 1.807) is 12.1 Å². The quantitative estimate of drug-likeness (QED) is 0.242. The Labute approximate surface area is 247 Å². The molecule has 1 unspecified atom stereocenters. The third-order valence-corrected chi connectivity index (χ3v) is 8.20. The average Bonchev–Trinajstić information content (AvgIpc) is 2.98. The number of allylic oxidation sites excluding steroid dienone is 1. The first kappa shape index (κ1) is 28.5. The van der Waals surface area contributed by atoms with Crippen LogP contribution >= 0.6 is 11.6 Å². The molecule has 1 aliphatic heterocycles. The number of carbonyl (C=O) groups is 1. The van der Waals surface area contributed by atoms with Gasteiger partial charge in [0, 0.05) is 42.1 Å². The number of carboxylic acids is 1. The minimum Gasteiger partial charge on any atom is -0.478 e. The van der Waals surface area contributed by atoms with Crippen LogP contribution in [-0.4, -0.2) is 47.8 Å². The van der Waals surface area contributed by atoms with Crippen LogP contribution in [0.15, 0.2) is 90.2 Å². The van der Waals surface area contributed by atoms with Crippen LogP contribution in [0.1, 0.15) is 43.6 Å². The van der Waals surface area contributed by atoms with Crippen molar-refractivity contribution in [2.24, 2.45) is 0 Å². The van der Waals surface area contributed by atoms with Crippen molar-refractivity contribution in [1.82, 2.24) is 4.90 Å². The maximum atomic E-state index is 12.2. The van der Waals surface area contributed by atoms with E-state index in [1.165, 1.54) is 0 Å². The number of para-hydroxylation sites is 1. The van der Waals surface area contributed by atoms with Crippen LogP contribution in [0, 0.1) is 0 Å². The van der Waals surface area contributed by atoms with Gasteiger partial charge >= 0.3 is 5.97 Å². The van der Waals surface area contributed by atoms with Crippen LogP contribution in [-0.2, 0) is 0 Å². The Bertz CT molecular complexity index is 1550. The first-order valence-electron chi connectivity index (χ1n) is 14.2. The summed E-state index contributed by atoms with van der Waals surface area (Å²) in [5.74, 6) is 0.474. The largest absolute Gasteiger partial charge is 0.478 e. The number of aromatic carboxylic acids is 1. The van der Waals surface area contributed by atoms with E-state index in [9.17, 15) is 9.90 Å². The van der Waals surface area contributed by atoms with E-state index in [0.29, 0.717) is 16.3 Å². The van der Waals surface area contributed by atoms with E-state index in [1.807, 2.05) is 36.4 Å². The van der Waals surface area contributed by atoms with Gasteiger partial charge in [-0.25, -0.2) is 4.79 Å². The van der Waals surface area contributed by atoms with Gasteiger partial charge in [0.1, 0.15) is 17.2 Å². The van der Waals surface area contributed by atoms with Gasteiger partial charge < -0.3 is 20.1 Å². The summed E-state index contributed by atoms with van der Waals surface area (Å²) in [6.07, 6.45) is 8.43. The number of carboxylic acid groups (broad SMARTS) is 1. The Balaban J connectivity index is 1.68. The number of fused-ring (bicyclic) bond motifs is 2. The highest BCUT2D eigenvalue weighted by Crippen LogP contribution is 2.45. The molecule has 3 aromatic rings. The van der Waals surface area contributed by atoms with Crippen molar-refractivity contribution in [1.29, 1.82) is 0 Å². The molecule has 1 aliphatic carbocycles. The SMILES string of the molecule is CCN(CC)c1cc2c(c(-c3ccccc3C(=O)O)c1)C=C1C=CC(Nc3ccccc3Cl)(N(CC)CC)C=C1O2. The van der Waals surface area contributed by atoms with E-state index >= 15 is 0 Å². The lowest BCUT2D eigenvalue weighted by atomic mass is 9.89. The minimum atomic E-state index is -0.959. The molecule has 0 saturated heterocycles. The van der Waals surface area contributed by atoms with E-state index in [0.717, 1.165) is 60.0 Å². The highest BCUT2D eigenvalue weighted by Gasteiger charge is 2.36. The standard InChI is InChI=1S/C34H36ClN3O3/c1-5-37(6-2)24-20-27(25-13-9-10-14-26(25)33(39)40)28-19-23-17-18-34(38(7-3)8-4,22-32(23)41-31(28)21-24)36-30-16-12-11-15-29(30)35/h9-22,36H,5-8H2,1-4H3,(H,39,40). The van der Waals surface area contributed by atoms with Gasteiger partial charge in [-0.15, -0.1) is 0 Å². The van der Waals surface area contributed by atoms with Gasteiger partial charge in [0.05, 0.1) is 16.3 Å². The van der Waals surface area contributed by atoms with Crippen molar-refractivity contribution in [2.75, 3.05) is 36.4 Å². The van der Waals surface area contributed by atoms with Crippen LogP contribution in [0.25, 0.3) is 17.2 Å². The maximum Gasteiger partial charge on any atom is 0.336 e. The molecule has 0 amide bonds. The molecule has 0 radical (unpaired) electrons. The lowest BCUT2D eigenvalue weighted by Gasteiger charge is -2.43. The summed E-state index contributed by atoms with van der Waals surface area (Å²) in [6, 6.07) is 19.0. The second-order valence-electron chi connectivity index (χ2n) is 10.1. The van der Waals surface area contributed by atoms with Crippen molar-refractivity contribution in [3.8, 4) is 16.9 Å². The Kier molecular flexibility index (Phi) is 8.25. The topological polar surface area (TPSA) is 65.0 Å². The summed E-state index contributed by atoms with van der Waals surface area (Å²) in [7, 11) is 0. The molecule has 0 fully saturated rings. The van der Waals surface area contributed by atoms with Gasteiger partial charge in [0.2, 0.25) is 0 Å². The van der Waals surface area contributed by atoms with E-state index in [2.05, 4.69) is 79.2 Å². The van der Waals surface area contributed by atoms with Crippen LogP contribution in [0.3, 0.4) is 0 Å². The van der Waals surface area contributed by atoms with Crippen LogP contribution in [0.5, 0.6) is 5.75 Å². The molecule has 212 valence electrons. The molecular formula is C34H36ClN3O3. The maximum absolute atomic E-state index is 12.2. The summed E-state index contributed by atoms with van der Waals surface area (Å²) in [5.41, 5.74) is 4.70. The molecule has 0 saturated carbocycles. The molecular weight excluding hydrogens is 534 g/mol. The molecule has 6 nitrogen and oxygen atoms in total. The zero-order chi connectivity index (χ0) is 29.1. The molecule has 7 heteroatoms. The highest BCUT2D eigenvalue weighted by atomic mass is 35.5. The monoisotopic (exact) mass is 569 g/mol. The van der Waals surface area contributed by atoms with Gasteiger partial charge in [-0.3, -0.25) is 4.90 Å². The number of hydrogen-bond donors (Lipinski definition) is 2. The highest BCUT2D eigenvalue weighted by molar-refractivity contribution is 6.33. The summed E-state index contributed by atoms with van der Waals surface area (Å²) in [6.45, 7) is 11.7. The molecule has 5 rings (SSSR count). The van der Waals surface area contributed by atoms with Gasteiger partial charge in [-0.1, -0.05) is 61.9 Å². The predicted molar refractivity (Wildman–Crippen MR) is 169 cm³/mol. The number of likely N-dealkylation sites (N-methyl/N-ethyl adjacent to an activating group) is 1. The number of hydrogen-bond acceptors (Lipinski definition) is 5. The van der Waals surface area contributed by atoms with Crippen molar-refractivity contribution in [2.45, 2.75) is 33.4 Å². The summed E-state index contributed by atoms with van der Waals surface area (Å²) in [5, 5.41) is 14.3. The number of nitrogens with zero attached hydrogens (tertiary/aromatic N) is 2. The molecule has 0 bridgehead atoms. The minimum absolute atomic E-state index is 0.259. The van der Waals surface area contributed by atoms with Crippen molar-refractivity contribution in [3.63, 3.8) is 0 Å². The normalized spacial score (nSPS) is 17.2. The molecule has 3 aromatic carbocycles. The fraction of sp³-hybridized carbons (Fsp3) is 0.265. The number of halogens is 1. The first-order chi connectivity index (χ1) is 19.8. The second-order valence-corrected chi connectivity index (χ2v) is 10.5. The molecule has 0 spiro atoms. The van der Waals surface area contributed by atoms with Gasteiger partial charge in [0.25, 0.3) is 0 Å². The number of anilines is 2. The Hall–Kier alpha value is -4.00. The smallest absolute Gasteiger partial charge is 0.336 e. The molecule has 41 heavy (non-hydrogen) atoms. The lowest BCUT2D eigenvalue weighted by molar-refractivity contribution is 0.0697. The lowest BCUT2D eigenvalue weighted by Crippen LogP contribution is -2.53. The van der Waals surface area contributed by atoms with Crippen LogP contribution in [0.2, 0.25) is 5.02 Å². The number of benzene rings is 3. The fourth-order valence-corrected chi connectivity index (χ4v) is 5.92. The number of nitrogens with one attached hydrogen (secondary N) is 1. The average molecular weight is 570 g/mol. The third-order valence-electron chi connectivity index (χ3n) is 7.87. The van der Waals surface area contributed by atoms with Crippen molar-refractivity contribution < 1.29 is 14.6 Å². The summed E-state index contributed by atoms with van der Waals surface area (Å²) < 4.78 is 6.71. The third kappa shape index (κ3) is 5.37. The van der Waals surface area contributed by atoms with E-state index in [4.69, 9.17) is 16.3 Å². The molecule has 2 N–H and O–H groups in total. The Morgan fingerprint density at radius 1 is 0.951 bits per heavy atom. The zero-order valence-corrected chi connectivity index (χ0v) is 24.7. The first-order valence-corrected chi connectivity index (χ1v) is 14.6. The Morgan fingerprint density at radius 3 is 2.34 bits per heavy atom. The van der Waals surface area contributed by atoms with Gasteiger partial charge in [0.15, 0.2) is 0 Å². The fourth-order valence-electron chi connectivity index (χ4n) is 5.73. The summed E-state index contributed by atoms with van der Waals surface area (Å²) in [4.78, 5) is 16.7. The zero-order valence-electron chi connectivity index (χ0n) is 23.9. The number of rotatable bonds is 10. The molecule has 1 atom stereocenters. The molecule has 2 aliphatic rings. The van der Waals surface area contributed by atoms with Crippen molar-refractivity contribution in [3.05, 3.63) is 106 Å². The second kappa shape index (κ2) is 11.9. The van der Waals surface area contributed by atoms with Gasteiger partial charge in [-0.05, 0) is 74.5 Å². The predicted octanol–water partition coefficient (Wildman–Crippen LogP) is 7.93. The van der Waals surface area contributed by atoms with Crippen molar-refractivity contribution >= 4 is 35.0 Å². The van der Waals surface area contributed by atoms with Crippen LogP contribution < -0.4 is 15.0 Å². The number of ether oxygens (including phenoxy) is 1. The Morgan fingerprint density at radius 2 is 1.66 bits per heavy atom. The van der Waals surface area contributed by atoms with Gasteiger partial charge in [-0.2, -0.15) is 0 Å². The van der Waals surface area contributed by atoms with Crippen LogP contribution in [0.4, 0.5) is 11.4 Å². The molecule has 1 heterocycles.